The molecule has 1 heterocycles. The summed E-state index contributed by atoms with van der Waals surface area (Å²) in [5.74, 6) is 0.00242. The lowest BCUT2D eigenvalue weighted by Crippen LogP contribution is -2.37. The summed E-state index contributed by atoms with van der Waals surface area (Å²) in [7, 11) is 0. The Morgan fingerprint density at radius 2 is 1.90 bits per heavy atom. The summed E-state index contributed by atoms with van der Waals surface area (Å²) >= 11 is 0. The monoisotopic (exact) mass is 280 g/mol. The fraction of sp³-hybridized carbons (Fsp3) is 0.444. The van der Waals surface area contributed by atoms with Crippen LogP contribution in [0, 0.1) is 16.7 Å². The largest absolute Gasteiger partial charge is 0.369 e. The molecule has 0 saturated heterocycles. The van der Waals surface area contributed by atoms with Gasteiger partial charge in [0.05, 0.1) is 0 Å². The van der Waals surface area contributed by atoms with E-state index in [9.17, 15) is 10.1 Å². The molecule has 2 aliphatic rings. The maximum Gasteiger partial charge on any atom is 0.175 e. The molecule has 3 heteroatoms. The second kappa shape index (κ2) is 5.04. The Bertz CT molecular complexity index is 664. The van der Waals surface area contributed by atoms with Crippen LogP contribution in [0.25, 0.3) is 0 Å². The van der Waals surface area contributed by atoms with Crippen LogP contribution in [-0.4, -0.2) is 17.2 Å². The number of carbonyl (C=O) groups is 1. The van der Waals surface area contributed by atoms with E-state index in [0.717, 1.165) is 31.6 Å². The number of hydrogen-bond acceptors (Lipinski definition) is 3. The first-order valence-corrected chi connectivity index (χ1v) is 7.48. The van der Waals surface area contributed by atoms with Gasteiger partial charge in [0.25, 0.3) is 0 Å². The fourth-order valence-corrected chi connectivity index (χ4v) is 3.41. The van der Waals surface area contributed by atoms with Gasteiger partial charge in [-0.05, 0) is 29.4 Å². The predicted molar refractivity (Wildman–Crippen MR) is 81.2 cm³/mol. The van der Waals surface area contributed by atoms with Crippen LogP contribution in [0.5, 0.6) is 0 Å². The van der Waals surface area contributed by atoms with Crippen LogP contribution >= 0.6 is 0 Å². The lowest BCUT2D eigenvalue weighted by Gasteiger charge is -2.39. The molecule has 1 aromatic carbocycles. The molecule has 108 valence electrons. The number of rotatable bonds is 1. The summed E-state index contributed by atoms with van der Waals surface area (Å²) in [5.41, 5.74) is 3.98. The van der Waals surface area contributed by atoms with E-state index < -0.39 is 0 Å². The summed E-state index contributed by atoms with van der Waals surface area (Å²) in [4.78, 5) is 14.5. The van der Waals surface area contributed by atoms with Gasteiger partial charge in [-0.15, -0.1) is 0 Å². The molecule has 1 aliphatic carbocycles. The minimum Gasteiger partial charge on any atom is -0.369 e. The van der Waals surface area contributed by atoms with E-state index in [1.54, 1.807) is 0 Å². The Morgan fingerprint density at radius 1 is 1.19 bits per heavy atom. The number of nitriles is 1. The number of nitrogens with zero attached hydrogens (tertiary/aromatic N) is 2. The Morgan fingerprint density at radius 3 is 2.62 bits per heavy atom. The maximum atomic E-state index is 12.2. The Balaban J connectivity index is 1.96. The topological polar surface area (TPSA) is 44.1 Å². The summed E-state index contributed by atoms with van der Waals surface area (Å²) in [6, 6.07) is 10.6. The Kier molecular flexibility index (Phi) is 3.33. The highest BCUT2D eigenvalue weighted by Gasteiger charge is 2.35. The van der Waals surface area contributed by atoms with Gasteiger partial charge in [-0.25, -0.2) is 0 Å². The molecule has 3 rings (SSSR count). The molecule has 0 atom stereocenters. The number of fused-ring (bicyclic) bond motifs is 1. The van der Waals surface area contributed by atoms with Gasteiger partial charge in [-0.1, -0.05) is 38.1 Å². The van der Waals surface area contributed by atoms with Crippen LogP contribution in [0.1, 0.15) is 37.8 Å². The van der Waals surface area contributed by atoms with Gasteiger partial charge in [0.15, 0.2) is 5.78 Å². The summed E-state index contributed by atoms with van der Waals surface area (Å²) in [5, 5.41) is 9.37. The molecule has 21 heavy (non-hydrogen) atoms. The highest BCUT2D eigenvalue weighted by molar-refractivity contribution is 6.01. The van der Waals surface area contributed by atoms with Gasteiger partial charge in [-0.3, -0.25) is 4.79 Å². The molecule has 0 radical (unpaired) electrons. The SMILES string of the molecule is CC1(C)CC(=O)C(C#N)=C(N2CCc3ccccc3C2)C1. The van der Waals surface area contributed by atoms with Crippen molar-refractivity contribution in [1.82, 2.24) is 4.90 Å². The van der Waals surface area contributed by atoms with Crippen LogP contribution in [0.4, 0.5) is 0 Å². The molecule has 1 aromatic rings. The third-order valence-corrected chi connectivity index (χ3v) is 4.48. The van der Waals surface area contributed by atoms with E-state index in [2.05, 4.69) is 49.1 Å². The first-order valence-electron chi connectivity index (χ1n) is 7.48. The molecule has 0 saturated carbocycles. The van der Waals surface area contributed by atoms with E-state index in [1.165, 1.54) is 11.1 Å². The van der Waals surface area contributed by atoms with Crippen molar-refractivity contribution in [2.45, 2.75) is 39.7 Å². The zero-order valence-corrected chi connectivity index (χ0v) is 12.6. The summed E-state index contributed by atoms with van der Waals surface area (Å²) in [6.45, 7) is 5.91. The summed E-state index contributed by atoms with van der Waals surface area (Å²) < 4.78 is 0. The number of allylic oxidation sites excluding steroid dienone is 2. The van der Waals surface area contributed by atoms with Crippen molar-refractivity contribution in [3.63, 3.8) is 0 Å². The molecule has 0 fully saturated rings. The molecule has 0 aromatic heterocycles. The number of benzene rings is 1. The van der Waals surface area contributed by atoms with Crippen molar-refractivity contribution < 1.29 is 4.79 Å². The molecule has 0 spiro atoms. The first-order chi connectivity index (χ1) is 10.00. The summed E-state index contributed by atoms with van der Waals surface area (Å²) in [6.07, 6.45) is 2.26. The third-order valence-electron chi connectivity index (χ3n) is 4.48. The second-order valence-corrected chi connectivity index (χ2v) is 6.81. The number of carbonyl (C=O) groups excluding carboxylic acids is 1. The van der Waals surface area contributed by atoms with E-state index >= 15 is 0 Å². The van der Waals surface area contributed by atoms with Crippen molar-refractivity contribution in [1.29, 1.82) is 5.26 Å². The predicted octanol–water partition coefficient (Wildman–Crippen LogP) is 3.21. The van der Waals surface area contributed by atoms with E-state index in [0.29, 0.717) is 12.0 Å². The second-order valence-electron chi connectivity index (χ2n) is 6.81. The van der Waals surface area contributed by atoms with E-state index in [1.807, 2.05) is 0 Å². The standard InChI is InChI=1S/C18H20N2O/c1-18(2)9-16(15(11-19)17(21)10-18)20-8-7-13-5-3-4-6-14(13)12-20/h3-6H,7-10,12H2,1-2H3. The number of hydrogen-bond donors (Lipinski definition) is 0. The van der Waals surface area contributed by atoms with Crippen LogP contribution < -0.4 is 0 Å². The normalized spacial score (nSPS) is 21.0. The maximum absolute atomic E-state index is 12.2. The minimum absolute atomic E-state index is 0.00242. The zero-order chi connectivity index (χ0) is 15.0. The van der Waals surface area contributed by atoms with Gasteiger partial charge in [0.1, 0.15) is 11.6 Å². The first kappa shape index (κ1) is 13.9. The quantitative estimate of drug-likeness (QED) is 0.793. The number of ketones is 1. The van der Waals surface area contributed by atoms with Crippen molar-refractivity contribution in [3.05, 3.63) is 46.7 Å². The van der Waals surface area contributed by atoms with Crippen molar-refractivity contribution in [3.8, 4) is 6.07 Å². The highest BCUT2D eigenvalue weighted by atomic mass is 16.1. The molecule has 3 nitrogen and oxygen atoms in total. The number of Topliss-reactive ketones (excluding diaryl/α,β-unsaturated/α-hetero) is 1. The molecule has 0 unspecified atom stereocenters. The Labute approximate surface area is 125 Å². The third kappa shape index (κ3) is 2.58. The zero-order valence-electron chi connectivity index (χ0n) is 12.6. The minimum atomic E-state index is -0.0519. The van der Waals surface area contributed by atoms with Gasteiger partial charge in [0, 0.05) is 25.2 Å². The molecular formula is C18H20N2O. The molecule has 0 N–H and O–H groups in total. The van der Waals surface area contributed by atoms with Crippen molar-refractivity contribution >= 4 is 5.78 Å². The smallest absolute Gasteiger partial charge is 0.175 e. The average Bonchev–Trinajstić information content (AvgIpc) is 2.45. The van der Waals surface area contributed by atoms with Gasteiger partial charge in [0.2, 0.25) is 0 Å². The highest BCUT2D eigenvalue weighted by Crippen LogP contribution is 2.39. The Hall–Kier alpha value is -2.08. The van der Waals surface area contributed by atoms with Gasteiger partial charge in [-0.2, -0.15) is 5.26 Å². The average molecular weight is 280 g/mol. The van der Waals surface area contributed by atoms with E-state index in [4.69, 9.17) is 0 Å². The fourth-order valence-electron chi connectivity index (χ4n) is 3.41. The molecule has 1 aliphatic heterocycles. The molecule has 0 bridgehead atoms. The van der Waals surface area contributed by atoms with Crippen molar-refractivity contribution in [2.24, 2.45) is 5.41 Å². The van der Waals surface area contributed by atoms with E-state index in [-0.39, 0.29) is 11.2 Å². The van der Waals surface area contributed by atoms with Crippen LogP contribution in [0.15, 0.2) is 35.5 Å². The molecule has 0 amide bonds. The van der Waals surface area contributed by atoms with Gasteiger partial charge < -0.3 is 4.90 Å². The lowest BCUT2D eigenvalue weighted by atomic mass is 9.75. The van der Waals surface area contributed by atoms with Crippen LogP contribution in [0.3, 0.4) is 0 Å². The lowest BCUT2D eigenvalue weighted by molar-refractivity contribution is -0.118. The van der Waals surface area contributed by atoms with Crippen LogP contribution in [-0.2, 0) is 17.8 Å². The van der Waals surface area contributed by atoms with Gasteiger partial charge >= 0.3 is 0 Å². The van der Waals surface area contributed by atoms with Crippen LogP contribution in [0.2, 0.25) is 0 Å². The van der Waals surface area contributed by atoms with Crippen molar-refractivity contribution in [2.75, 3.05) is 6.54 Å². The molecular weight excluding hydrogens is 260 g/mol.